The summed E-state index contributed by atoms with van der Waals surface area (Å²) >= 11 is 5.86. The number of anilines is 1. The first-order valence-electron chi connectivity index (χ1n) is 6.50. The number of piperidine rings is 1. The number of carboxylic acids is 1. The van der Waals surface area contributed by atoms with Gasteiger partial charge in [-0.2, -0.15) is 0 Å². The van der Waals surface area contributed by atoms with Crippen molar-refractivity contribution in [1.82, 2.24) is 0 Å². The van der Waals surface area contributed by atoms with Crippen LogP contribution in [0, 0.1) is 5.92 Å². The number of carbonyl (C=O) groups is 1. The van der Waals surface area contributed by atoms with E-state index >= 15 is 0 Å². The number of benzene rings is 1. The molecule has 104 valence electrons. The number of halogens is 1. The molecule has 1 saturated heterocycles. The Morgan fingerprint density at radius 2 is 2.26 bits per heavy atom. The normalized spacial score (nSPS) is 19.5. The highest BCUT2D eigenvalue weighted by molar-refractivity contribution is 6.31. The fraction of sp³-hybridized carbons (Fsp3) is 0.500. The lowest BCUT2D eigenvalue weighted by atomic mass is 9.94. The summed E-state index contributed by atoms with van der Waals surface area (Å²) in [6.07, 6.45) is 2.88. The van der Waals surface area contributed by atoms with E-state index in [0.29, 0.717) is 10.9 Å². The van der Waals surface area contributed by atoms with Gasteiger partial charge < -0.3 is 15.1 Å². The molecule has 1 aromatic rings. The summed E-state index contributed by atoms with van der Waals surface area (Å²) in [5.41, 5.74) is 0.969. The summed E-state index contributed by atoms with van der Waals surface area (Å²) in [4.78, 5) is 13.4. The van der Waals surface area contributed by atoms with Crippen molar-refractivity contribution in [3.63, 3.8) is 0 Å². The van der Waals surface area contributed by atoms with Crippen LogP contribution in [0.3, 0.4) is 0 Å². The Balaban J connectivity index is 2.23. The van der Waals surface area contributed by atoms with Gasteiger partial charge in [-0.05, 0) is 43.4 Å². The van der Waals surface area contributed by atoms with E-state index in [1.807, 2.05) is 0 Å². The maximum absolute atomic E-state index is 11.3. The first kappa shape index (κ1) is 14.2. The van der Waals surface area contributed by atoms with Gasteiger partial charge in [0, 0.05) is 24.7 Å². The van der Waals surface area contributed by atoms with Gasteiger partial charge in [0.2, 0.25) is 0 Å². The van der Waals surface area contributed by atoms with Gasteiger partial charge in [-0.15, -0.1) is 0 Å². The minimum atomic E-state index is -0.957. The number of rotatable bonds is 4. The van der Waals surface area contributed by atoms with E-state index in [-0.39, 0.29) is 12.2 Å². The molecule has 1 fully saturated rings. The summed E-state index contributed by atoms with van der Waals surface area (Å²) in [6, 6.07) is 4.99. The number of hydrogen-bond donors (Lipinski definition) is 2. The van der Waals surface area contributed by atoms with Crippen LogP contribution < -0.4 is 4.90 Å². The SMILES string of the molecule is O=C(O)c1cc(Cl)ccc1N1CCCC(CCO)C1. The van der Waals surface area contributed by atoms with Crippen LogP contribution in [0.4, 0.5) is 5.69 Å². The van der Waals surface area contributed by atoms with Gasteiger partial charge >= 0.3 is 5.97 Å². The van der Waals surface area contributed by atoms with E-state index < -0.39 is 5.97 Å². The van der Waals surface area contributed by atoms with E-state index in [1.165, 1.54) is 6.07 Å². The topological polar surface area (TPSA) is 60.8 Å². The van der Waals surface area contributed by atoms with Crippen molar-refractivity contribution in [3.05, 3.63) is 28.8 Å². The highest BCUT2D eigenvalue weighted by atomic mass is 35.5. The standard InChI is InChI=1S/C14H18ClNO3/c15-11-3-4-13(12(8-11)14(18)19)16-6-1-2-10(9-16)5-7-17/h3-4,8,10,17H,1-2,5-7,9H2,(H,18,19). The minimum absolute atomic E-state index is 0.185. The van der Waals surface area contributed by atoms with E-state index in [2.05, 4.69) is 4.90 Å². The molecule has 0 spiro atoms. The van der Waals surface area contributed by atoms with Gasteiger partial charge in [0.05, 0.1) is 11.3 Å². The predicted molar refractivity (Wildman–Crippen MR) is 75.1 cm³/mol. The fourth-order valence-electron chi connectivity index (χ4n) is 2.66. The third-order valence-corrected chi connectivity index (χ3v) is 3.82. The zero-order valence-electron chi connectivity index (χ0n) is 10.7. The molecule has 1 unspecified atom stereocenters. The van der Waals surface area contributed by atoms with Crippen molar-refractivity contribution in [1.29, 1.82) is 0 Å². The number of aromatic carboxylic acids is 1. The Kier molecular flexibility index (Phi) is 4.66. The van der Waals surface area contributed by atoms with Crippen LogP contribution in [0.25, 0.3) is 0 Å². The molecule has 0 aromatic heterocycles. The molecule has 0 saturated carbocycles. The molecule has 1 heterocycles. The van der Waals surface area contributed by atoms with E-state index in [4.69, 9.17) is 16.7 Å². The predicted octanol–water partition coefficient (Wildman–Crippen LogP) is 2.64. The Hall–Kier alpha value is -1.26. The molecule has 0 amide bonds. The van der Waals surface area contributed by atoms with Gasteiger partial charge in [-0.1, -0.05) is 11.6 Å². The molecule has 2 rings (SSSR count). The Morgan fingerprint density at radius 1 is 1.47 bits per heavy atom. The third kappa shape index (κ3) is 3.39. The Labute approximate surface area is 117 Å². The fourth-order valence-corrected chi connectivity index (χ4v) is 2.83. The van der Waals surface area contributed by atoms with Crippen LogP contribution in [-0.2, 0) is 0 Å². The summed E-state index contributed by atoms with van der Waals surface area (Å²) in [6.45, 7) is 1.83. The smallest absolute Gasteiger partial charge is 0.337 e. The molecular weight excluding hydrogens is 266 g/mol. The number of nitrogens with zero attached hydrogens (tertiary/aromatic N) is 1. The summed E-state index contributed by atoms with van der Waals surface area (Å²) in [5.74, 6) is -0.530. The summed E-state index contributed by atoms with van der Waals surface area (Å²) in [5, 5.41) is 18.7. The van der Waals surface area contributed by atoms with Gasteiger partial charge in [0.15, 0.2) is 0 Å². The summed E-state index contributed by atoms with van der Waals surface area (Å²) in [7, 11) is 0. The van der Waals surface area contributed by atoms with E-state index in [9.17, 15) is 9.90 Å². The van der Waals surface area contributed by atoms with Crippen LogP contribution in [-0.4, -0.2) is 35.9 Å². The molecule has 0 aliphatic carbocycles. The zero-order chi connectivity index (χ0) is 13.8. The number of aliphatic hydroxyl groups is 1. The van der Waals surface area contributed by atoms with Crippen molar-refractivity contribution in [2.24, 2.45) is 5.92 Å². The van der Waals surface area contributed by atoms with Crippen LogP contribution >= 0.6 is 11.6 Å². The van der Waals surface area contributed by atoms with E-state index in [0.717, 1.165) is 38.0 Å². The molecule has 5 heteroatoms. The number of carboxylic acid groups (broad SMARTS) is 1. The van der Waals surface area contributed by atoms with Crippen molar-refractivity contribution < 1.29 is 15.0 Å². The quantitative estimate of drug-likeness (QED) is 0.892. The maximum atomic E-state index is 11.3. The van der Waals surface area contributed by atoms with Crippen LogP contribution in [0.15, 0.2) is 18.2 Å². The first-order chi connectivity index (χ1) is 9.11. The Morgan fingerprint density at radius 3 is 2.95 bits per heavy atom. The highest BCUT2D eigenvalue weighted by Crippen LogP contribution is 2.29. The Bertz CT molecular complexity index is 462. The van der Waals surface area contributed by atoms with Crippen LogP contribution in [0.5, 0.6) is 0 Å². The molecule has 19 heavy (non-hydrogen) atoms. The van der Waals surface area contributed by atoms with E-state index in [1.54, 1.807) is 12.1 Å². The monoisotopic (exact) mass is 283 g/mol. The average molecular weight is 284 g/mol. The van der Waals surface area contributed by atoms with Gasteiger partial charge in [-0.25, -0.2) is 4.79 Å². The molecular formula is C14H18ClNO3. The second-order valence-electron chi connectivity index (χ2n) is 4.93. The summed E-state index contributed by atoms with van der Waals surface area (Å²) < 4.78 is 0. The number of hydrogen-bond acceptors (Lipinski definition) is 3. The molecule has 1 atom stereocenters. The number of aliphatic hydroxyl groups excluding tert-OH is 1. The molecule has 0 radical (unpaired) electrons. The largest absolute Gasteiger partial charge is 0.478 e. The van der Waals surface area contributed by atoms with Gasteiger partial charge in [-0.3, -0.25) is 0 Å². The average Bonchev–Trinajstić information content (AvgIpc) is 2.39. The molecule has 2 N–H and O–H groups in total. The molecule has 1 aliphatic heterocycles. The van der Waals surface area contributed by atoms with Crippen LogP contribution in [0.1, 0.15) is 29.6 Å². The lowest BCUT2D eigenvalue weighted by Crippen LogP contribution is -2.36. The molecule has 4 nitrogen and oxygen atoms in total. The first-order valence-corrected chi connectivity index (χ1v) is 6.88. The lowest BCUT2D eigenvalue weighted by molar-refractivity contribution is 0.0697. The molecule has 1 aliphatic rings. The van der Waals surface area contributed by atoms with Crippen molar-refractivity contribution >= 4 is 23.3 Å². The van der Waals surface area contributed by atoms with Crippen molar-refractivity contribution in [2.45, 2.75) is 19.3 Å². The molecule has 0 bridgehead atoms. The van der Waals surface area contributed by atoms with Gasteiger partial charge in [0.1, 0.15) is 0 Å². The van der Waals surface area contributed by atoms with Crippen molar-refractivity contribution in [2.75, 3.05) is 24.6 Å². The molecule has 1 aromatic carbocycles. The maximum Gasteiger partial charge on any atom is 0.337 e. The van der Waals surface area contributed by atoms with Crippen molar-refractivity contribution in [3.8, 4) is 0 Å². The minimum Gasteiger partial charge on any atom is -0.478 e. The lowest BCUT2D eigenvalue weighted by Gasteiger charge is -2.35. The second-order valence-corrected chi connectivity index (χ2v) is 5.37. The third-order valence-electron chi connectivity index (χ3n) is 3.59. The highest BCUT2D eigenvalue weighted by Gasteiger charge is 2.23. The second kappa shape index (κ2) is 6.26. The van der Waals surface area contributed by atoms with Gasteiger partial charge in [0.25, 0.3) is 0 Å². The van der Waals surface area contributed by atoms with Crippen LogP contribution in [0.2, 0.25) is 5.02 Å². The zero-order valence-corrected chi connectivity index (χ0v) is 11.4.